The van der Waals surface area contributed by atoms with Gasteiger partial charge < -0.3 is 15.5 Å². The van der Waals surface area contributed by atoms with Crippen LogP contribution in [-0.2, 0) is 10.0 Å². The Morgan fingerprint density at radius 1 is 1.21 bits per heavy atom. The largest absolute Gasteiger partial charge is 0.372 e. The summed E-state index contributed by atoms with van der Waals surface area (Å²) in [6, 6.07) is 8.79. The third kappa shape index (κ3) is 5.38. The number of anilines is 1. The average molecular weight is 408 g/mol. The maximum atomic E-state index is 11.9. The molecule has 7 nitrogen and oxygen atoms in total. The number of aliphatic imine (C=N–C) groups is 1. The summed E-state index contributed by atoms with van der Waals surface area (Å²) in [6.45, 7) is 8.69. The van der Waals surface area contributed by atoms with Gasteiger partial charge in [0.1, 0.15) is 0 Å². The molecule has 0 spiro atoms. The van der Waals surface area contributed by atoms with Gasteiger partial charge in [-0.05, 0) is 50.8 Å². The van der Waals surface area contributed by atoms with E-state index in [1.807, 2.05) is 6.92 Å². The second-order valence-corrected chi connectivity index (χ2v) is 9.57. The molecule has 1 aromatic carbocycles. The molecule has 0 radical (unpaired) electrons. The SMILES string of the molecule is CCNC(=NCCN1CCCS1(=O)=O)NC(C)c1cccc(N2CCCC2)c1. The fourth-order valence-corrected chi connectivity index (χ4v) is 5.31. The summed E-state index contributed by atoms with van der Waals surface area (Å²) in [5.41, 5.74) is 2.50. The van der Waals surface area contributed by atoms with Gasteiger partial charge in [-0.1, -0.05) is 12.1 Å². The molecule has 1 unspecified atom stereocenters. The molecule has 0 aromatic heterocycles. The monoisotopic (exact) mass is 407 g/mol. The van der Waals surface area contributed by atoms with Gasteiger partial charge in [-0.25, -0.2) is 12.7 Å². The molecule has 0 saturated carbocycles. The zero-order valence-electron chi connectivity index (χ0n) is 17.0. The maximum absolute atomic E-state index is 11.9. The van der Waals surface area contributed by atoms with Crippen LogP contribution in [0.5, 0.6) is 0 Å². The molecule has 0 amide bonds. The van der Waals surface area contributed by atoms with Crippen molar-refractivity contribution in [2.75, 3.05) is 49.9 Å². The van der Waals surface area contributed by atoms with Crippen molar-refractivity contribution in [3.05, 3.63) is 29.8 Å². The first-order valence-corrected chi connectivity index (χ1v) is 12.0. The van der Waals surface area contributed by atoms with Crippen LogP contribution in [0, 0.1) is 0 Å². The van der Waals surface area contributed by atoms with Gasteiger partial charge in [0.25, 0.3) is 0 Å². The standard InChI is InChI=1S/C20H33N5O2S/c1-3-21-20(22-10-14-25-13-7-15-28(25,26)27)23-17(2)18-8-6-9-19(16-18)24-11-4-5-12-24/h6,8-9,16-17H,3-5,7,10-15H2,1-2H3,(H2,21,22,23). The Labute approximate surface area is 169 Å². The first-order valence-electron chi connectivity index (χ1n) is 10.4. The van der Waals surface area contributed by atoms with E-state index in [0.717, 1.165) is 32.0 Å². The minimum Gasteiger partial charge on any atom is -0.372 e. The third-order valence-corrected chi connectivity index (χ3v) is 7.32. The van der Waals surface area contributed by atoms with Crippen molar-refractivity contribution in [2.45, 2.75) is 39.2 Å². The van der Waals surface area contributed by atoms with E-state index >= 15 is 0 Å². The molecule has 8 heteroatoms. The maximum Gasteiger partial charge on any atom is 0.214 e. The Morgan fingerprint density at radius 3 is 2.68 bits per heavy atom. The Kier molecular flexibility index (Phi) is 7.18. The molecule has 2 N–H and O–H groups in total. The first kappa shape index (κ1) is 20.9. The van der Waals surface area contributed by atoms with Crippen molar-refractivity contribution in [3.63, 3.8) is 0 Å². The van der Waals surface area contributed by atoms with Gasteiger partial charge in [0.05, 0.1) is 18.3 Å². The van der Waals surface area contributed by atoms with E-state index in [0.29, 0.717) is 19.6 Å². The number of benzene rings is 1. The van der Waals surface area contributed by atoms with Crippen LogP contribution in [0.4, 0.5) is 5.69 Å². The second-order valence-electron chi connectivity index (χ2n) is 7.48. The molecule has 1 atom stereocenters. The summed E-state index contributed by atoms with van der Waals surface area (Å²) in [7, 11) is -3.06. The highest BCUT2D eigenvalue weighted by molar-refractivity contribution is 7.89. The minimum atomic E-state index is -3.06. The highest BCUT2D eigenvalue weighted by Crippen LogP contribution is 2.24. The summed E-state index contributed by atoms with van der Waals surface area (Å²) >= 11 is 0. The molecular formula is C20H33N5O2S. The molecule has 0 bridgehead atoms. The lowest BCUT2D eigenvalue weighted by molar-refractivity contribution is 0.452. The van der Waals surface area contributed by atoms with Crippen LogP contribution in [0.2, 0.25) is 0 Å². The number of hydrogen-bond donors (Lipinski definition) is 2. The lowest BCUT2D eigenvalue weighted by Crippen LogP contribution is -2.39. The predicted octanol–water partition coefficient (Wildman–Crippen LogP) is 1.94. The van der Waals surface area contributed by atoms with Crippen LogP contribution in [0.3, 0.4) is 0 Å². The molecule has 2 fully saturated rings. The Balaban J connectivity index is 1.60. The molecule has 3 rings (SSSR count). The summed E-state index contributed by atoms with van der Waals surface area (Å²) in [5, 5.41) is 6.71. The van der Waals surface area contributed by atoms with Gasteiger partial charge in [-0.2, -0.15) is 0 Å². The topological polar surface area (TPSA) is 77.0 Å². The van der Waals surface area contributed by atoms with Gasteiger partial charge in [0.2, 0.25) is 10.0 Å². The summed E-state index contributed by atoms with van der Waals surface area (Å²) in [4.78, 5) is 7.02. The third-order valence-electron chi connectivity index (χ3n) is 5.36. The van der Waals surface area contributed by atoms with Crippen molar-refractivity contribution >= 4 is 21.7 Å². The first-order chi connectivity index (χ1) is 13.5. The summed E-state index contributed by atoms with van der Waals surface area (Å²) in [6.07, 6.45) is 3.25. The number of sulfonamides is 1. The van der Waals surface area contributed by atoms with E-state index in [2.05, 4.69) is 51.7 Å². The average Bonchev–Trinajstić information content (AvgIpc) is 3.32. The number of nitrogens with zero attached hydrogens (tertiary/aromatic N) is 3. The predicted molar refractivity (Wildman–Crippen MR) is 115 cm³/mol. The fourth-order valence-electron chi connectivity index (χ4n) is 3.79. The molecule has 2 aliphatic heterocycles. The number of nitrogens with one attached hydrogen (secondary N) is 2. The van der Waals surface area contributed by atoms with Crippen molar-refractivity contribution in [1.82, 2.24) is 14.9 Å². The van der Waals surface area contributed by atoms with Crippen LogP contribution in [0.1, 0.15) is 44.7 Å². The van der Waals surface area contributed by atoms with Crippen LogP contribution >= 0.6 is 0 Å². The number of guanidine groups is 1. The molecule has 0 aliphatic carbocycles. The van der Waals surface area contributed by atoms with Gasteiger partial charge >= 0.3 is 0 Å². The van der Waals surface area contributed by atoms with Crippen LogP contribution in [0.15, 0.2) is 29.3 Å². The van der Waals surface area contributed by atoms with E-state index in [9.17, 15) is 8.42 Å². The molecular weight excluding hydrogens is 374 g/mol. The summed E-state index contributed by atoms with van der Waals surface area (Å²) < 4.78 is 25.4. The molecule has 156 valence electrons. The van der Waals surface area contributed by atoms with E-state index in [1.54, 1.807) is 4.31 Å². The summed E-state index contributed by atoms with van der Waals surface area (Å²) in [5.74, 6) is 0.984. The van der Waals surface area contributed by atoms with E-state index < -0.39 is 10.0 Å². The highest BCUT2D eigenvalue weighted by Gasteiger charge is 2.27. The highest BCUT2D eigenvalue weighted by atomic mass is 32.2. The molecule has 1 aromatic rings. The van der Waals surface area contributed by atoms with Crippen molar-refractivity contribution < 1.29 is 8.42 Å². The Morgan fingerprint density at radius 2 is 2.00 bits per heavy atom. The van der Waals surface area contributed by atoms with Crippen LogP contribution < -0.4 is 15.5 Å². The van der Waals surface area contributed by atoms with Crippen LogP contribution in [0.25, 0.3) is 0 Å². The lowest BCUT2D eigenvalue weighted by Gasteiger charge is -2.22. The zero-order chi connectivity index (χ0) is 20.0. The van der Waals surface area contributed by atoms with Crippen molar-refractivity contribution in [2.24, 2.45) is 4.99 Å². The Bertz CT molecular complexity index is 775. The minimum absolute atomic E-state index is 0.107. The van der Waals surface area contributed by atoms with E-state index in [1.165, 1.54) is 24.1 Å². The lowest BCUT2D eigenvalue weighted by atomic mass is 10.1. The molecule has 28 heavy (non-hydrogen) atoms. The van der Waals surface area contributed by atoms with Gasteiger partial charge in [0, 0.05) is 38.4 Å². The van der Waals surface area contributed by atoms with Crippen LogP contribution in [-0.4, -0.2) is 63.7 Å². The number of hydrogen-bond acceptors (Lipinski definition) is 4. The van der Waals surface area contributed by atoms with E-state index in [4.69, 9.17) is 0 Å². The Hall–Kier alpha value is -1.80. The fraction of sp³-hybridized carbons (Fsp3) is 0.650. The number of rotatable bonds is 7. The molecule has 2 aliphatic rings. The van der Waals surface area contributed by atoms with Gasteiger partial charge in [-0.3, -0.25) is 4.99 Å². The molecule has 2 saturated heterocycles. The van der Waals surface area contributed by atoms with Gasteiger partial charge in [0.15, 0.2) is 5.96 Å². The quantitative estimate of drug-likeness (QED) is 0.534. The smallest absolute Gasteiger partial charge is 0.214 e. The van der Waals surface area contributed by atoms with E-state index in [-0.39, 0.29) is 11.8 Å². The zero-order valence-corrected chi connectivity index (χ0v) is 17.8. The van der Waals surface area contributed by atoms with Crippen molar-refractivity contribution in [3.8, 4) is 0 Å². The van der Waals surface area contributed by atoms with Crippen molar-refractivity contribution in [1.29, 1.82) is 0 Å². The normalized spacial score (nSPS) is 21.1. The molecule has 2 heterocycles. The second kappa shape index (κ2) is 9.60. The van der Waals surface area contributed by atoms with Gasteiger partial charge in [-0.15, -0.1) is 0 Å².